The van der Waals surface area contributed by atoms with Gasteiger partial charge in [0.2, 0.25) is 0 Å². The number of hydrogen-bond donors (Lipinski definition) is 1. The van der Waals surface area contributed by atoms with E-state index in [9.17, 15) is 4.79 Å². The number of esters is 1. The molecule has 17 heavy (non-hydrogen) atoms. The topological polar surface area (TPSA) is 70.1 Å². The normalized spacial score (nSPS) is 10.2. The van der Waals surface area contributed by atoms with E-state index in [2.05, 4.69) is 9.84 Å². The third-order valence-electron chi connectivity index (χ3n) is 2.18. The summed E-state index contributed by atoms with van der Waals surface area (Å²) in [5, 5.41) is 4.62. The zero-order valence-corrected chi connectivity index (χ0v) is 9.81. The van der Waals surface area contributed by atoms with Crippen LogP contribution in [0.15, 0.2) is 30.3 Å². The van der Waals surface area contributed by atoms with E-state index in [1.54, 1.807) is 24.3 Å². The molecule has 0 fully saturated rings. The van der Waals surface area contributed by atoms with Crippen LogP contribution >= 0.6 is 11.6 Å². The van der Waals surface area contributed by atoms with E-state index in [0.717, 1.165) is 0 Å². The third kappa shape index (κ3) is 2.24. The molecule has 1 heterocycles. The highest BCUT2D eigenvalue weighted by Crippen LogP contribution is 2.18. The summed E-state index contributed by atoms with van der Waals surface area (Å²) in [6.07, 6.45) is 0. The van der Waals surface area contributed by atoms with Crippen LogP contribution in [0.1, 0.15) is 10.5 Å². The lowest BCUT2D eigenvalue weighted by Crippen LogP contribution is -2.05. The van der Waals surface area contributed by atoms with E-state index in [1.807, 2.05) is 0 Å². The minimum Gasteiger partial charge on any atom is -0.464 e. The number of methoxy groups -OCH3 is 1. The molecule has 0 bridgehead atoms. The van der Waals surface area contributed by atoms with Crippen molar-refractivity contribution in [1.29, 1.82) is 0 Å². The Labute approximate surface area is 103 Å². The number of benzene rings is 1. The fraction of sp³-hybridized carbons (Fsp3) is 0.0909. The zero-order valence-electron chi connectivity index (χ0n) is 9.05. The van der Waals surface area contributed by atoms with E-state index in [0.29, 0.717) is 16.5 Å². The maximum atomic E-state index is 11.3. The van der Waals surface area contributed by atoms with E-state index in [4.69, 9.17) is 17.3 Å². The summed E-state index contributed by atoms with van der Waals surface area (Å²) in [4.78, 5) is 11.3. The maximum Gasteiger partial charge on any atom is 0.358 e. The molecular weight excluding hydrogens is 242 g/mol. The van der Waals surface area contributed by atoms with Crippen LogP contribution in [0.2, 0.25) is 5.02 Å². The van der Waals surface area contributed by atoms with Gasteiger partial charge in [-0.1, -0.05) is 17.7 Å². The Morgan fingerprint density at radius 3 is 2.88 bits per heavy atom. The first-order valence-corrected chi connectivity index (χ1v) is 5.19. The fourth-order valence-electron chi connectivity index (χ4n) is 1.41. The molecule has 6 heteroatoms. The Morgan fingerprint density at radius 1 is 1.47 bits per heavy atom. The molecule has 0 amide bonds. The van der Waals surface area contributed by atoms with E-state index in [1.165, 1.54) is 17.9 Å². The van der Waals surface area contributed by atoms with Gasteiger partial charge in [-0.05, 0) is 18.2 Å². The monoisotopic (exact) mass is 251 g/mol. The Hall–Kier alpha value is -2.01. The highest BCUT2D eigenvalue weighted by molar-refractivity contribution is 6.30. The number of rotatable bonds is 2. The zero-order chi connectivity index (χ0) is 12.4. The molecule has 5 nitrogen and oxygen atoms in total. The summed E-state index contributed by atoms with van der Waals surface area (Å²) >= 11 is 5.87. The van der Waals surface area contributed by atoms with Gasteiger partial charge in [0.1, 0.15) is 5.82 Å². The maximum absolute atomic E-state index is 11.3. The number of nitrogen functional groups attached to an aromatic ring is 1. The van der Waals surface area contributed by atoms with Crippen molar-refractivity contribution in [3.63, 3.8) is 0 Å². The number of aromatic nitrogens is 2. The van der Waals surface area contributed by atoms with Crippen LogP contribution < -0.4 is 5.73 Å². The van der Waals surface area contributed by atoms with Crippen LogP contribution in [0.5, 0.6) is 0 Å². The van der Waals surface area contributed by atoms with Crippen LogP contribution in [-0.2, 0) is 4.74 Å². The number of hydrogen-bond acceptors (Lipinski definition) is 4. The summed E-state index contributed by atoms with van der Waals surface area (Å²) in [5.74, 6) is -0.190. The van der Waals surface area contributed by atoms with E-state index >= 15 is 0 Å². The van der Waals surface area contributed by atoms with Gasteiger partial charge in [-0.2, -0.15) is 5.10 Å². The average Bonchev–Trinajstić information content (AvgIpc) is 2.70. The molecule has 0 saturated carbocycles. The second kappa shape index (κ2) is 4.47. The van der Waals surface area contributed by atoms with Gasteiger partial charge in [0.25, 0.3) is 0 Å². The Balaban J connectivity index is 2.46. The second-order valence-corrected chi connectivity index (χ2v) is 3.77. The molecule has 0 spiro atoms. The number of ether oxygens (including phenoxy) is 1. The van der Waals surface area contributed by atoms with E-state index in [-0.39, 0.29) is 5.69 Å². The van der Waals surface area contributed by atoms with Gasteiger partial charge in [0, 0.05) is 11.1 Å². The summed E-state index contributed by atoms with van der Waals surface area (Å²) < 4.78 is 6.00. The smallest absolute Gasteiger partial charge is 0.358 e. The first-order chi connectivity index (χ1) is 8.11. The summed E-state index contributed by atoms with van der Waals surface area (Å²) in [6, 6.07) is 8.46. The molecule has 0 aliphatic carbocycles. The third-order valence-corrected chi connectivity index (χ3v) is 2.42. The number of carbonyl (C=O) groups excluding carboxylic acids is 1. The number of carbonyl (C=O) groups is 1. The minimum atomic E-state index is -0.530. The van der Waals surface area contributed by atoms with Crippen molar-refractivity contribution in [2.24, 2.45) is 0 Å². The minimum absolute atomic E-state index is 0.157. The van der Waals surface area contributed by atoms with Crippen molar-refractivity contribution >= 4 is 23.4 Å². The summed E-state index contributed by atoms with van der Waals surface area (Å²) in [7, 11) is 1.29. The molecule has 1 aromatic heterocycles. The highest BCUT2D eigenvalue weighted by Gasteiger charge is 2.13. The lowest BCUT2D eigenvalue weighted by atomic mass is 10.3. The molecule has 0 radical (unpaired) electrons. The largest absolute Gasteiger partial charge is 0.464 e. The first-order valence-electron chi connectivity index (χ1n) is 4.81. The Morgan fingerprint density at radius 2 is 2.24 bits per heavy atom. The number of nitrogens with zero attached hydrogens (tertiary/aromatic N) is 2. The van der Waals surface area contributed by atoms with Crippen molar-refractivity contribution in [2.45, 2.75) is 0 Å². The van der Waals surface area contributed by atoms with Gasteiger partial charge < -0.3 is 10.5 Å². The average molecular weight is 252 g/mol. The molecule has 0 aliphatic rings. The Bertz CT molecular complexity index is 566. The van der Waals surface area contributed by atoms with Crippen molar-refractivity contribution in [3.05, 3.63) is 41.0 Å². The van der Waals surface area contributed by atoms with E-state index < -0.39 is 5.97 Å². The Kier molecular flexibility index (Phi) is 3.01. The summed E-state index contributed by atoms with van der Waals surface area (Å²) in [5.41, 5.74) is 6.61. The summed E-state index contributed by atoms with van der Waals surface area (Å²) in [6.45, 7) is 0. The number of nitrogens with two attached hydrogens (primary N) is 1. The molecule has 88 valence electrons. The molecule has 0 atom stereocenters. The van der Waals surface area contributed by atoms with Gasteiger partial charge in [0.15, 0.2) is 5.69 Å². The number of halogens is 1. The predicted molar refractivity (Wildman–Crippen MR) is 64.3 cm³/mol. The van der Waals surface area contributed by atoms with Crippen molar-refractivity contribution < 1.29 is 9.53 Å². The molecule has 2 N–H and O–H groups in total. The highest BCUT2D eigenvalue weighted by atomic mass is 35.5. The van der Waals surface area contributed by atoms with Crippen LogP contribution in [0.4, 0.5) is 5.82 Å². The van der Waals surface area contributed by atoms with Crippen molar-refractivity contribution in [1.82, 2.24) is 9.78 Å². The first kappa shape index (κ1) is 11.5. The van der Waals surface area contributed by atoms with Gasteiger partial charge >= 0.3 is 5.97 Å². The quantitative estimate of drug-likeness (QED) is 0.828. The van der Waals surface area contributed by atoms with Gasteiger partial charge in [0.05, 0.1) is 12.8 Å². The fourth-order valence-corrected chi connectivity index (χ4v) is 1.60. The molecule has 1 aromatic carbocycles. The lowest BCUT2D eigenvalue weighted by molar-refractivity contribution is 0.0593. The molecule has 2 rings (SSSR count). The lowest BCUT2D eigenvalue weighted by Gasteiger charge is -2.03. The predicted octanol–water partition coefficient (Wildman–Crippen LogP) is 1.89. The SMILES string of the molecule is COC(=O)c1cc(N)n(-c2cccc(Cl)c2)n1. The molecular formula is C11H10ClN3O2. The van der Waals surface area contributed by atoms with Gasteiger partial charge in [-0.3, -0.25) is 0 Å². The van der Waals surface area contributed by atoms with Crippen LogP contribution in [0.3, 0.4) is 0 Å². The second-order valence-electron chi connectivity index (χ2n) is 3.34. The molecule has 0 aliphatic heterocycles. The number of anilines is 1. The van der Waals surface area contributed by atoms with Gasteiger partial charge in [-0.15, -0.1) is 0 Å². The van der Waals surface area contributed by atoms with Crippen LogP contribution in [0, 0.1) is 0 Å². The van der Waals surface area contributed by atoms with Crippen LogP contribution in [0.25, 0.3) is 5.69 Å². The molecule has 2 aromatic rings. The van der Waals surface area contributed by atoms with Gasteiger partial charge in [-0.25, -0.2) is 9.48 Å². The van der Waals surface area contributed by atoms with Crippen molar-refractivity contribution in [3.8, 4) is 5.69 Å². The molecule has 0 unspecified atom stereocenters. The molecule has 0 saturated heterocycles. The van der Waals surface area contributed by atoms with Crippen LogP contribution in [-0.4, -0.2) is 22.9 Å². The van der Waals surface area contributed by atoms with Crippen molar-refractivity contribution in [2.75, 3.05) is 12.8 Å². The standard InChI is InChI=1S/C11H10ClN3O2/c1-17-11(16)9-6-10(13)15(14-9)8-4-2-3-7(12)5-8/h2-6H,13H2,1H3.